The Labute approximate surface area is 109 Å². The summed E-state index contributed by atoms with van der Waals surface area (Å²) in [4.78, 5) is 0.402. The highest BCUT2D eigenvalue weighted by atomic mass is 32.2. The molecule has 4 nitrogen and oxygen atoms in total. The highest BCUT2D eigenvalue weighted by molar-refractivity contribution is 7.89. The van der Waals surface area contributed by atoms with Crippen LogP contribution >= 0.6 is 0 Å². The smallest absolute Gasteiger partial charge is 0.243 e. The first-order valence-corrected chi connectivity index (χ1v) is 7.72. The van der Waals surface area contributed by atoms with Gasteiger partial charge >= 0.3 is 0 Å². The zero-order chi connectivity index (χ0) is 13.2. The maximum absolute atomic E-state index is 12.5. The first-order valence-electron chi connectivity index (χ1n) is 6.28. The quantitative estimate of drug-likeness (QED) is 0.900. The van der Waals surface area contributed by atoms with Crippen molar-refractivity contribution in [1.29, 1.82) is 0 Å². The SMILES string of the molecule is CNC1CCCN(S(=O)(=O)c2cccc(C)c2)C1. The number of sulfonamides is 1. The molecule has 1 N–H and O–H groups in total. The molecule has 18 heavy (non-hydrogen) atoms. The highest BCUT2D eigenvalue weighted by Crippen LogP contribution is 2.21. The van der Waals surface area contributed by atoms with Crippen molar-refractivity contribution in [1.82, 2.24) is 9.62 Å². The fourth-order valence-electron chi connectivity index (χ4n) is 2.32. The van der Waals surface area contributed by atoms with Crippen LogP contribution in [0.15, 0.2) is 29.2 Å². The Hall–Kier alpha value is -0.910. The Morgan fingerprint density at radius 1 is 1.39 bits per heavy atom. The Morgan fingerprint density at radius 2 is 2.17 bits per heavy atom. The second-order valence-electron chi connectivity index (χ2n) is 4.81. The van der Waals surface area contributed by atoms with Crippen molar-refractivity contribution in [3.8, 4) is 0 Å². The number of aryl methyl sites for hydroxylation is 1. The van der Waals surface area contributed by atoms with E-state index in [4.69, 9.17) is 0 Å². The van der Waals surface area contributed by atoms with Gasteiger partial charge in [-0.25, -0.2) is 8.42 Å². The van der Waals surface area contributed by atoms with E-state index in [0.717, 1.165) is 18.4 Å². The first kappa shape index (κ1) is 13.5. The first-order chi connectivity index (χ1) is 8.54. The summed E-state index contributed by atoms with van der Waals surface area (Å²) >= 11 is 0. The lowest BCUT2D eigenvalue weighted by atomic mass is 10.1. The Kier molecular flexibility index (Phi) is 4.04. The zero-order valence-corrected chi connectivity index (χ0v) is 11.7. The molecule has 1 heterocycles. The van der Waals surface area contributed by atoms with Gasteiger partial charge in [0, 0.05) is 19.1 Å². The van der Waals surface area contributed by atoms with Gasteiger partial charge < -0.3 is 5.32 Å². The van der Waals surface area contributed by atoms with Crippen LogP contribution in [0.25, 0.3) is 0 Å². The topological polar surface area (TPSA) is 49.4 Å². The van der Waals surface area contributed by atoms with Gasteiger partial charge in [0.05, 0.1) is 4.90 Å². The Morgan fingerprint density at radius 3 is 2.83 bits per heavy atom. The van der Waals surface area contributed by atoms with Gasteiger partial charge in [0.25, 0.3) is 0 Å². The number of hydrogen-bond acceptors (Lipinski definition) is 3. The van der Waals surface area contributed by atoms with Crippen LogP contribution in [0.5, 0.6) is 0 Å². The standard InChI is InChI=1S/C13H20N2O2S/c1-11-5-3-7-13(9-11)18(16,17)15-8-4-6-12(10-15)14-2/h3,5,7,9,12,14H,4,6,8,10H2,1-2H3. The van der Waals surface area contributed by atoms with Crippen molar-refractivity contribution in [2.45, 2.75) is 30.7 Å². The molecule has 1 aliphatic rings. The molecule has 1 aromatic carbocycles. The monoisotopic (exact) mass is 268 g/mol. The molecular weight excluding hydrogens is 248 g/mol. The maximum Gasteiger partial charge on any atom is 0.243 e. The van der Waals surface area contributed by atoms with Gasteiger partial charge in [-0.05, 0) is 44.5 Å². The van der Waals surface area contributed by atoms with Gasteiger partial charge in [0.2, 0.25) is 10.0 Å². The average molecular weight is 268 g/mol. The van der Waals surface area contributed by atoms with Crippen LogP contribution in [0.2, 0.25) is 0 Å². The molecule has 0 spiro atoms. The molecular formula is C13H20N2O2S. The summed E-state index contributed by atoms with van der Waals surface area (Å²) in [5.74, 6) is 0. The van der Waals surface area contributed by atoms with Crippen molar-refractivity contribution < 1.29 is 8.42 Å². The molecule has 0 aliphatic carbocycles. The minimum absolute atomic E-state index is 0.262. The fraction of sp³-hybridized carbons (Fsp3) is 0.538. The molecule has 5 heteroatoms. The number of nitrogens with one attached hydrogen (secondary N) is 1. The molecule has 0 amide bonds. The molecule has 0 bridgehead atoms. The molecule has 0 saturated carbocycles. The highest BCUT2D eigenvalue weighted by Gasteiger charge is 2.29. The van der Waals surface area contributed by atoms with Crippen LogP contribution in [0.1, 0.15) is 18.4 Å². The molecule has 1 atom stereocenters. The lowest BCUT2D eigenvalue weighted by Crippen LogP contribution is -2.46. The molecule has 1 aliphatic heterocycles. The molecule has 1 unspecified atom stereocenters. The van der Waals surface area contributed by atoms with Crippen LogP contribution in [0.4, 0.5) is 0 Å². The molecule has 1 fully saturated rings. The third-order valence-corrected chi connectivity index (χ3v) is 5.28. The average Bonchev–Trinajstić information content (AvgIpc) is 2.39. The summed E-state index contributed by atoms with van der Waals surface area (Å²) in [7, 11) is -1.45. The van der Waals surface area contributed by atoms with Crippen molar-refractivity contribution in [3.63, 3.8) is 0 Å². The number of piperidine rings is 1. The minimum Gasteiger partial charge on any atom is -0.316 e. The van der Waals surface area contributed by atoms with Gasteiger partial charge in [-0.15, -0.1) is 0 Å². The molecule has 0 radical (unpaired) electrons. The summed E-state index contributed by atoms with van der Waals surface area (Å²) in [6.45, 7) is 3.09. The fourth-order valence-corrected chi connectivity index (χ4v) is 3.95. The number of rotatable bonds is 3. The second-order valence-corrected chi connectivity index (χ2v) is 6.75. The van der Waals surface area contributed by atoms with Gasteiger partial charge in [0.15, 0.2) is 0 Å². The molecule has 2 rings (SSSR count). The van der Waals surface area contributed by atoms with Crippen LogP contribution < -0.4 is 5.32 Å². The van der Waals surface area contributed by atoms with Crippen molar-refractivity contribution in [2.24, 2.45) is 0 Å². The number of hydrogen-bond donors (Lipinski definition) is 1. The number of benzene rings is 1. The van der Waals surface area contributed by atoms with Crippen molar-refractivity contribution in [2.75, 3.05) is 20.1 Å². The van der Waals surface area contributed by atoms with Gasteiger partial charge in [-0.1, -0.05) is 12.1 Å². The van der Waals surface area contributed by atoms with E-state index in [1.54, 1.807) is 22.5 Å². The third kappa shape index (κ3) is 2.74. The normalized spacial score (nSPS) is 22.0. The van der Waals surface area contributed by atoms with E-state index in [0.29, 0.717) is 18.0 Å². The third-order valence-electron chi connectivity index (χ3n) is 3.42. The second kappa shape index (κ2) is 5.38. The Bertz CT molecular complexity index is 513. The molecule has 1 saturated heterocycles. The van der Waals surface area contributed by atoms with Gasteiger partial charge in [0.1, 0.15) is 0 Å². The summed E-state index contributed by atoms with van der Waals surface area (Å²) in [6, 6.07) is 7.37. The van der Waals surface area contributed by atoms with Crippen LogP contribution in [-0.2, 0) is 10.0 Å². The molecule has 0 aromatic heterocycles. The van der Waals surface area contributed by atoms with E-state index >= 15 is 0 Å². The predicted octanol–water partition coefficient (Wildman–Crippen LogP) is 1.37. The van der Waals surface area contributed by atoms with Crippen LogP contribution in [0, 0.1) is 6.92 Å². The predicted molar refractivity (Wildman–Crippen MR) is 72.0 cm³/mol. The van der Waals surface area contributed by atoms with Crippen molar-refractivity contribution in [3.05, 3.63) is 29.8 Å². The van der Waals surface area contributed by atoms with E-state index in [-0.39, 0.29) is 6.04 Å². The molecule has 1 aromatic rings. The minimum atomic E-state index is -3.33. The largest absolute Gasteiger partial charge is 0.316 e. The zero-order valence-electron chi connectivity index (χ0n) is 10.9. The number of nitrogens with zero attached hydrogens (tertiary/aromatic N) is 1. The Balaban J connectivity index is 2.25. The number of likely N-dealkylation sites (N-methyl/N-ethyl adjacent to an activating group) is 1. The van der Waals surface area contributed by atoms with Gasteiger partial charge in [-0.3, -0.25) is 0 Å². The summed E-state index contributed by atoms with van der Waals surface area (Å²) in [5.41, 5.74) is 0.971. The van der Waals surface area contributed by atoms with E-state index in [1.807, 2.05) is 20.0 Å². The van der Waals surface area contributed by atoms with E-state index in [1.165, 1.54) is 0 Å². The van der Waals surface area contributed by atoms with Crippen LogP contribution in [0.3, 0.4) is 0 Å². The lowest BCUT2D eigenvalue weighted by Gasteiger charge is -2.31. The van der Waals surface area contributed by atoms with E-state index in [9.17, 15) is 8.42 Å². The van der Waals surface area contributed by atoms with Crippen molar-refractivity contribution >= 4 is 10.0 Å². The summed E-state index contributed by atoms with van der Waals surface area (Å²) in [5, 5.41) is 3.16. The lowest BCUT2D eigenvalue weighted by molar-refractivity contribution is 0.293. The van der Waals surface area contributed by atoms with Gasteiger partial charge in [-0.2, -0.15) is 4.31 Å². The van der Waals surface area contributed by atoms with E-state index in [2.05, 4.69) is 5.32 Å². The van der Waals surface area contributed by atoms with E-state index < -0.39 is 10.0 Å². The summed E-state index contributed by atoms with van der Waals surface area (Å²) < 4.78 is 26.6. The molecule has 100 valence electrons. The summed E-state index contributed by atoms with van der Waals surface area (Å²) in [6.07, 6.45) is 1.95. The van der Waals surface area contributed by atoms with Crippen LogP contribution in [-0.4, -0.2) is 38.9 Å². The maximum atomic E-state index is 12.5.